The molecular formula is C22H21BrClN3O3. The van der Waals surface area contributed by atoms with Gasteiger partial charge in [-0.05, 0) is 57.9 Å². The number of nitrogens with one attached hydrogen (secondary N) is 1. The third-order valence-corrected chi connectivity index (χ3v) is 5.09. The van der Waals surface area contributed by atoms with Crippen LogP contribution in [0.1, 0.15) is 16.7 Å². The number of aromatic nitrogens is 2. The van der Waals surface area contributed by atoms with Gasteiger partial charge in [0.1, 0.15) is 18.1 Å². The van der Waals surface area contributed by atoms with Crippen LogP contribution >= 0.6 is 27.5 Å². The largest absolute Gasteiger partial charge is 0.496 e. The van der Waals surface area contributed by atoms with E-state index in [0.717, 1.165) is 21.2 Å². The molecule has 156 valence electrons. The monoisotopic (exact) mass is 489 g/mol. The maximum atomic E-state index is 12.1. The summed E-state index contributed by atoms with van der Waals surface area (Å²) in [5.74, 6) is 1.20. The van der Waals surface area contributed by atoms with Crippen LogP contribution in [0.3, 0.4) is 0 Å². The number of nitrogens with zero attached hydrogens (tertiary/aromatic N) is 2. The van der Waals surface area contributed by atoms with Gasteiger partial charge in [0.05, 0.1) is 17.8 Å². The number of hydrogen-bond acceptors (Lipinski definition) is 4. The van der Waals surface area contributed by atoms with Gasteiger partial charge in [0.2, 0.25) is 5.91 Å². The second-order valence-corrected chi connectivity index (χ2v) is 7.80. The molecule has 8 heteroatoms. The van der Waals surface area contributed by atoms with Gasteiger partial charge in [0.25, 0.3) is 0 Å². The maximum absolute atomic E-state index is 12.1. The van der Waals surface area contributed by atoms with Crippen molar-refractivity contribution < 1.29 is 14.3 Å². The van der Waals surface area contributed by atoms with Crippen LogP contribution in [0.25, 0.3) is 6.08 Å². The molecule has 0 spiro atoms. The molecule has 0 unspecified atom stereocenters. The summed E-state index contributed by atoms with van der Waals surface area (Å²) in [7, 11) is 3.44. The predicted molar refractivity (Wildman–Crippen MR) is 121 cm³/mol. The summed E-state index contributed by atoms with van der Waals surface area (Å²) in [6.07, 6.45) is 6.83. The number of rotatable bonds is 8. The summed E-state index contributed by atoms with van der Waals surface area (Å²) >= 11 is 9.41. The molecule has 30 heavy (non-hydrogen) atoms. The normalized spacial score (nSPS) is 10.9. The van der Waals surface area contributed by atoms with Crippen molar-refractivity contribution in [1.29, 1.82) is 0 Å². The molecule has 1 amide bonds. The number of ether oxygens (including phenoxy) is 2. The molecule has 0 aliphatic heterocycles. The first-order chi connectivity index (χ1) is 14.4. The number of benzene rings is 2. The highest BCUT2D eigenvalue weighted by molar-refractivity contribution is 9.10. The maximum Gasteiger partial charge on any atom is 0.244 e. The van der Waals surface area contributed by atoms with Gasteiger partial charge in [-0.15, -0.1) is 0 Å². The van der Waals surface area contributed by atoms with Crippen LogP contribution in [0.2, 0.25) is 5.02 Å². The lowest BCUT2D eigenvalue weighted by molar-refractivity contribution is -0.116. The van der Waals surface area contributed by atoms with Crippen LogP contribution in [0, 0.1) is 0 Å². The molecule has 3 rings (SSSR count). The third kappa shape index (κ3) is 6.11. The molecule has 0 aliphatic rings. The summed E-state index contributed by atoms with van der Waals surface area (Å²) in [6, 6.07) is 11.0. The van der Waals surface area contributed by atoms with Gasteiger partial charge in [0, 0.05) is 42.0 Å². The summed E-state index contributed by atoms with van der Waals surface area (Å²) < 4.78 is 13.8. The number of carbonyl (C=O) groups excluding carboxylic acids is 1. The van der Waals surface area contributed by atoms with Crippen LogP contribution in [0.5, 0.6) is 11.5 Å². The molecule has 0 saturated carbocycles. The molecule has 0 atom stereocenters. The molecule has 2 aromatic carbocycles. The third-order valence-electron chi connectivity index (χ3n) is 4.23. The minimum Gasteiger partial charge on any atom is -0.496 e. The zero-order chi connectivity index (χ0) is 21.5. The van der Waals surface area contributed by atoms with Crippen molar-refractivity contribution in [3.05, 3.63) is 81.1 Å². The zero-order valence-electron chi connectivity index (χ0n) is 16.6. The Labute approximate surface area is 188 Å². The molecule has 0 saturated heterocycles. The lowest BCUT2D eigenvalue weighted by Gasteiger charge is -2.12. The van der Waals surface area contributed by atoms with Gasteiger partial charge >= 0.3 is 0 Å². The standard InChI is InChI=1S/C22H21BrClN3O3/c1-27-13-16(12-26-27)11-25-22(28)8-4-15-3-6-20(29-2)17(9-15)14-30-21-7-5-18(24)10-19(21)23/h3-10,12-13H,11,14H2,1-2H3,(H,25,28)/b8-4-. The molecule has 0 aliphatic carbocycles. The molecule has 0 fully saturated rings. The number of carbonyl (C=O) groups is 1. The minimum atomic E-state index is -0.183. The van der Waals surface area contributed by atoms with Crippen molar-refractivity contribution in [3.8, 4) is 11.5 Å². The Hall–Kier alpha value is -2.77. The van der Waals surface area contributed by atoms with E-state index >= 15 is 0 Å². The summed E-state index contributed by atoms with van der Waals surface area (Å²) in [6.45, 7) is 0.729. The summed E-state index contributed by atoms with van der Waals surface area (Å²) in [5.41, 5.74) is 2.66. The fourth-order valence-corrected chi connectivity index (χ4v) is 3.54. The van der Waals surface area contributed by atoms with E-state index in [9.17, 15) is 4.79 Å². The average Bonchev–Trinajstić information content (AvgIpc) is 3.15. The van der Waals surface area contributed by atoms with E-state index in [-0.39, 0.29) is 5.91 Å². The van der Waals surface area contributed by atoms with Crippen LogP contribution in [-0.4, -0.2) is 22.8 Å². The van der Waals surface area contributed by atoms with Crippen molar-refractivity contribution in [2.45, 2.75) is 13.2 Å². The Kier molecular flexibility index (Phi) is 7.54. The minimum absolute atomic E-state index is 0.183. The van der Waals surface area contributed by atoms with Gasteiger partial charge in [0.15, 0.2) is 0 Å². The highest BCUT2D eigenvalue weighted by atomic mass is 79.9. The van der Waals surface area contributed by atoms with Crippen molar-refractivity contribution in [3.63, 3.8) is 0 Å². The van der Waals surface area contributed by atoms with E-state index in [0.29, 0.717) is 29.7 Å². The van der Waals surface area contributed by atoms with Crippen LogP contribution in [0.15, 0.2) is 59.3 Å². The van der Waals surface area contributed by atoms with Crippen molar-refractivity contribution >= 4 is 39.5 Å². The zero-order valence-corrected chi connectivity index (χ0v) is 18.9. The summed E-state index contributed by atoms with van der Waals surface area (Å²) in [5, 5.41) is 7.54. The fourth-order valence-electron chi connectivity index (χ4n) is 2.75. The molecule has 6 nitrogen and oxygen atoms in total. The van der Waals surface area contributed by atoms with Crippen LogP contribution in [-0.2, 0) is 25.0 Å². The molecule has 1 N–H and O–H groups in total. The Morgan fingerprint density at radius 1 is 1.27 bits per heavy atom. The first-order valence-electron chi connectivity index (χ1n) is 9.13. The van der Waals surface area contributed by atoms with E-state index in [2.05, 4.69) is 26.3 Å². The van der Waals surface area contributed by atoms with Gasteiger partial charge in [-0.3, -0.25) is 9.48 Å². The Bertz CT molecular complexity index is 1070. The van der Waals surface area contributed by atoms with Crippen molar-refractivity contribution in [2.24, 2.45) is 7.05 Å². The molecule has 0 radical (unpaired) electrons. The number of methoxy groups -OCH3 is 1. The number of amides is 1. The SMILES string of the molecule is COc1ccc(/C=C\C(=O)NCc2cnn(C)c2)cc1COc1ccc(Cl)cc1Br. The summed E-state index contributed by atoms with van der Waals surface area (Å²) in [4.78, 5) is 12.1. The van der Waals surface area contributed by atoms with Gasteiger partial charge in [-0.1, -0.05) is 17.7 Å². The van der Waals surface area contributed by atoms with Crippen LogP contribution < -0.4 is 14.8 Å². The Morgan fingerprint density at radius 3 is 2.77 bits per heavy atom. The molecular weight excluding hydrogens is 470 g/mol. The Balaban J connectivity index is 1.64. The number of hydrogen-bond donors (Lipinski definition) is 1. The van der Waals surface area contributed by atoms with Crippen molar-refractivity contribution in [2.75, 3.05) is 7.11 Å². The first-order valence-corrected chi connectivity index (χ1v) is 10.3. The van der Waals surface area contributed by atoms with Gasteiger partial charge in [-0.25, -0.2) is 0 Å². The average molecular weight is 491 g/mol. The predicted octanol–water partition coefficient (Wildman–Crippen LogP) is 4.75. The fraction of sp³-hybridized carbons (Fsp3) is 0.182. The number of aryl methyl sites for hydroxylation is 1. The number of halogens is 2. The van der Waals surface area contributed by atoms with E-state index in [1.54, 1.807) is 42.3 Å². The van der Waals surface area contributed by atoms with Gasteiger partial charge < -0.3 is 14.8 Å². The second-order valence-electron chi connectivity index (χ2n) is 6.51. The second kappa shape index (κ2) is 10.3. The highest BCUT2D eigenvalue weighted by Crippen LogP contribution is 2.30. The lowest BCUT2D eigenvalue weighted by atomic mass is 10.1. The lowest BCUT2D eigenvalue weighted by Crippen LogP contribution is -2.19. The first kappa shape index (κ1) is 21.9. The Morgan fingerprint density at radius 2 is 2.07 bits per heavy atom. The van der Waals surface area contributed by atoms with Gasteiger partial charge in [-0.2, -0.15) is 5.10 Å². The highest BCUT2D eigenvalue weighted by Gasteiger charge is 2.08. The van der Waals surface area contributed by atoms with Crippen LogP contribution in [0.4, 0.5) is 0 Å². The van der Waals surface area contributed by atoms with E-state index in [1.165, 1.54) is 6.08 Å². The smallest absolute Gasteiger partial charge is 0.244 e. The van der Waals surface area contributed by atoms with E-state index in [4.69, 9.17) is 21.1 Å². The molecule has 1 heterocycles. The molecule has 0 bridgehead atoms. The van der Waals surface area contributed by atoms with E-state index < -0.39 is 0 Å². The quantitative estimate of drug-likeness (QED) is 0.463. The molecule has 3 aromatic rings. The molecule has 1 aromatic heterocycles. The van der Waals surface area contributed by atoms with Crippen molar-refractivity contribution in [1.82, 2.24) is 15.1 Å². The topological polar surface area (TPSA) is 65.4 Å². The van der Waals surface area contributed by atoms with E-state index in [1.807, 2.05) is 31.4 Å².